The molecule has 0 unspecified atom stereocenters. The summed E-state index contributed by atoms with van der Waals surface area (Å²) in [6, 6.07) is 7.36. The van der Waals surface area contributed by atoms with E-state index in [4.69, 9.17) is 9.88 Å². The maximum Gasteiger partial charge on any atom is 0.453 e. The van der Waals surface area contributed by atoms with E-state index in [2.05, 4.69) is 0 Å². The van der Waals surface area contributed by atoms with Crippen molar-refractivity contribution in [2.75, 3.05) is 18.0 Å². The van der Waals surface area contributed by atoms with Gasteiger partial charge < -0.3 is 14.7 Å². The average Bonchev–Trinajstić information content (AvgIpc) is 2.77. The molecular weight excluding hydrogens is 582 g/mol. The number of aromatic carboxylic acids is 1. The lowest BCUT2D eigenvalue weighted by Gasteiger charge is -2.31. The zero-order chi connectivity index (χ0) is 30.0. The Morgan fingerprint density at radius 1 is 0.846 bits per heavy atom. The van der Waals surface area contributed by atoms with Crippen LogP contribution in [-0.2, 0) is 10.0 Å². The summed E-state index contributed by atoms with van der Waals surface area (Å²) < 4.78 is 161. The van der Waals surface area contributed by atoms with Gasteiger partial charge in [0.1, 0.15) is 10.6 Å². The largest absolute Gasteiger partial charge is 0.478 e. The first-order valence-corrected chi connectivity index (χ1v) is 11.9. The van der Waals surface area contributed by atoms with Crippen molar-refractivity contribution in [3.8, 4) is 11.5 Å². The van der Waals surface area contributed by atoms with Crippen molar-refractivity contribution < 1.29 is 67.0 Å². The Balaban J connectivity index is 2.78. The molecule has 218 valence electrons. The molecule has 0 bridgehead atoms. The average molecular weight is 600 g/mol. The summed E-state index contributed by atoms with van der Waals surface area (Å²) in [6.45, 7) is -3.20. The van der Waals surface area contributed by atoms with Gasteiger partial charge in [0.2, 0.25) is 10.0 Å². The Kier molecular flexibility index (Phi) is 9.06. The molecule has 0 aliphatic carbocycles. The minimum Gasteiger partial charge on any atom is -0.478 e. The number of rotatable bonds is 11. The Morgan fingerprint density at radius 3 is 1.69 bits per heavy atom. The quantitative estimate of drug-likeness (QED) is 0.316. The lowest BCUT2D eigenvalue weighted by atomic mass is 10.1. The Hall–Kier alpha value is -3.28. The van der Waals surface area contributed by atoms with Gasteiger partial charge in [-0.1, -0.05) is 18.2 Å². The van der Waals surface area contributed by atoms with E-state index in [1.165, 1.54) is 30.3 Å². The molecular formula is C21H18F10N2O5S. The molecule has 0 aliphatic rings. The van der Waals surface area contributed by atoms with Crippen molar-refractivity contribution >= 4 is 21.7 Å². The molecule has 0 fully saturated rings. The molecule has 2 aromatic rings. The zero-order valence-electron chi connectivity index (χ0n) is 19.2. The lowest BCUT2D eigenvalue weighted by molar-refractivity contribution is -0.284. The van der Waals surface area contributed by atoms with Crippen LogP contribution >= 0.6 is 0 Å². The molecule has 0 saturated heterocycles. The number of carbonyl (C=O) groups is 1. The molecule has 0 saturated carbocycles. The minimum atomic E-state index is -6.15. The van der Waals surface area contributed by atoms with Gasteiger partial charge in [0.25, 0.3) is 0 Å². The van der Waals surface area contributed by atoms with E-state index in [-0.39, 0.29) is 10.6 Å². The number of carboxylic acids is 1. The van der Waals surface area contributed by atoms with Crippen LogP contribution in [0.1, 0.15) is 23.2 Å². The summed E-state index contributed by atoms with van der Waals surface area (Å²) in [6.07, 6.45) is -16.7. The smallest absolute Gasteiger partial charge is 0.453 e. The Morgan fingerprint density at radius 2 is 1.31 bits per heavy atom. The summed E-state index contributed by atoms with van der Waals surface area (Å²) in [5.41, 5.74) is -1.98. The SMILES string of the molecule is NS(=O)(=O)c1cc(C(=O)O)cc(N(CCC(F)(F)C(F)(F)F)CCC(F)(F)C(F)(F)F)c1Oc1ccccc1. The molecule has 0 amide bonds. The number of halogens is 10. The van der Waals surface area contributed by atoms with Crippen LogP contribution in [-0.4, -0.2) is 56.8 Å². The second kappa shape index (κ2) is 11.1. The summed E-state index contributed by atoms with van der Waals surface area (Å²) in [4.78, 5) is 10.5. The van der Waals surface area contributed by atoms with E-state index in [0.29, 0.717) is 12.1 Å². The molecule has 39 heavy (non-hydrogen) atoms. The summed E-state index contributed by atoms with van der Waals surface area (Å²) in [5.74, 6) is -14.1. The fraction of sp³-hybridized carbons (Fsp3) is 0.381. The number of nitrogens with zero attached hydrogens (tertiary/aromatic N) is 1. The van der Waals surface area contributed by atoms with E-state index < -0.39 is 88.0 Å². The molecule has 0 atom stereocenters. The number of hydrogen-bond acceptors (Lipinski definition) is 5. The summed E-state index contributed by atoms with van der Waals surface area (Å²) in [5, 5.41) is 14.5. The van der Waals surface area contributed by atoms with E-state index >= 15 is 0 Å². The molecule has 18 heteroatoms. The zero-order valence-corrected chi connectivity index (χ0v) is 20.0. The van der Waals surface area contributed by atoms with Gasteiger partial charge in [0.15, 0.2) is 5.75 Å². The number of primary sulfonamides is 1. The van der Waals surface area contributed by atoms with Gasteiger partial charge in [0.05, 0.1) is 11.3 Å². The third kappa shape index (κ3) is 7.87. The summed E-state index contributed by atoms with van der Waals surface area (Å²) >= 11 is 0. The Labute approximate surface area is 213 Å². The third-order valence-electron chi connectivity index (χ3n) is 5.11. The predicted octanol–water partition coefficient (Wildman–Crippen LogP) is 5.81. The minimum absolute atomic E-state index is 0.110. The van der Waals surface area contributed by atoms with Gasteiger partial charge in [-0.2, -0.15) is 43.9 Å². The highest BCUT2D eigenvalue weighted by molar-refractivity contribution is 7.89. The monoisotopic (exact) mass is 600 g/mol. The number of sulfonamides is 1. The van der Waals surface area contributed by atoms with Crippen LogP contribution in [0.25, 0.3) is 0 Å². The Bertz CT molecular complexity index is 1250. The second-order valence-electron chi connectivity index (χ2n) is 7.98. The molecule has 7 nitrogen and oxygen atoms in total. The number of nitrogens with two attached hydrogens (primary N) is 1. The summed E-state index contributed by atoms with van der Waals surface area (Å²) in [7, 11) is -4.97. The number of ether oxygens (including phenoxy) is 1. The van der Waals surface area contributed by atoms with E-state index in [1.54, 1.807) is 0 Å². The van der Waals surface area contributed by atoms with Crippen molar-refractivity contribution in [2.24, 2.45) is 5.14 Å². The number of benzene rings is 2. The molecule has 0 heterocycles. The third-order valence-corrected chi connectivity index (χ3v) is 6.03. The van der Waals surface area contributed by atoms with Crippen LogP contribution < -0.4 is 14.8 Å². The van der Waals surface area contributed by atoms with E-state index in [9.17, 15) is 62.2 Å². The molecule has 2 rings (SSSR count). The van der Waals surface area contributed by atoms with Crippen molar-refractivity contribution in [3.05, 3.63) is 48.0 Å². The van der Waals surface area contributed by atoms with E-state index in [0.717, 1.165) is 0 Å². The van der Waals surface area contributed by atoms with Gasteiger partial charge >= 0.3 is 30.2 Å². The van der Waals surface area contributed by atoms with Crippen molar-refractivity contribution in [1.82, 2.24) is 0 Å². The highest BCUT2D eigenvalue weighted by Gasteiger charge is 2.58. The molecule has 0 aromatic heterocycles. The van der Waals surface area contributed by atoms with Gasteiger partial charge in [-0.05, 0) is 24.3 Å². The van der Waals surface area contributed by atoms with Crippen molar-refractivity contribution in [1.29, 1.82) is 0 Å². The number of anilines is 1. The fourth-order valence-electron chi connectivity index (χ4n) is 3.05. The first kappa shape index (κ1) is 31.9. The number of alkyl halides is 10. The second-order valence-corrected chi connectivity index (χ2v) is 9.51. The van der Waals surface area contributed by atoms with E-state index in [1.807, 2.05) is 0 Å². The van der Waals surface area contributed by atoms with Crippen LogP contribution in [0.4, 0.5) is 49.6 Å². The highest BCUT2D eigenvalue weighted by atomic mass is 32.2. The maximum absolute atomic E-state index is 13.7. The number of carboxylic acid groups (broad SMARTS) is 1. The van der Waals surface area contributed by atoms with Gasteiger partial charge in [-0.3, -0.25) is 0 Å². The van der Waals surface area contributed by atoms with Crippen LogP contribution in [0.3, 0.4) is 0 Å². The lowest BCUT2D eigenvalue weighted by Crippen LogP contribution is -2.43. The topological polar surface area (TPSA) is 110 Å². The number of para-hydroxylation sites is 1. The molecule has 2 aromatic carbocycles. The van der Waals surface area contributed by atoms with Crippen molar-refractivity contribution in [2.45, 2.75) is 41.9 Å². The first-order chi connectivity index (χ1) is 17.6. The normalized spacial score (nSPS) is 13.3. The maximum atomic E-state index is 13.7. The van der Waals surface area contributed by atoms with Gasteiger partial charge in [-0.15, -0.1) is 0 Å². The van der Waals surface area contributed by atoms with Crippen LogP contribution in [0, 0.1) is 0 Å². The first-order valence-electron chi connectivity index (χ1n) is 10.4. The highest BCUT2D eigenvalue weighted by Crippen LogP contribution is 2.44. The molecule has 0 radical (unpaired) electrons. The number of hydrogen-bond donors (Lipinski definition) is 2. The fourth-order valence-corrected chi connectivity index (χ4v) is 3.75. The van der Waals surface area contributed by atoms with Crippen molar-refractivity contribution in [3.63, 3.8) is 0 Å². The molecule has 0 spiro atoms. The standard InChI is InChI=1S/C21H18F10N2O5S/c22-18(23,20(26,27)28)6-8-33(9-7-19(24,25)21(29,30)31)14-10-12(17(34)35)11-15(39(32,36)37)16(14)38-13-4-2-1-3-5-13/h1-5,10-11H,6-9H2,(H,34,35)(H2,32,36,37). The van der Waals surface area contributed by atoms with Gasteiger partial charge in [-0.25, -0.2) is 18.4 Å². The predicted molar refractivity (Wildman–Crippen MR) is 115 cm³/mol. The van der Waals surface area contributed by atoms with Gasteiger partial charge in [0, 0.05) is 25.9 Å². The van der Waals surface area contributed by atoms with Crippen LogP contribution in [0.5, 0.6) is 11.5 Å². The van der Waals surface area contributed by atoms with Crippen LogP contribution in [0.2, 0.25) is 0 Å². The van der Waals surface area contributed by atoms with Crippen LogP contribution in [0.15, 0.2) is 47.4 Å². The molecule has 3 N–H and O–H groups in total. The molecule has 0 aliphatic heterocycles.